The van der Waals surface area contributed by atoms with Crippen LogP contribution < -0.4 is 11.1 Å². The van der Waals surface area contributed by atoms with Crippen LogP contribution in [0, 0.1) is 5.82 Å². The molecule has 0 fully saturated rings. The molecule has 1 rings (SSSR count). The first-order valence-corrected chi connectivity index (χ1v) is 5.29. The van der Waals surface area contributed by atoms with Crippen LogP contribution in [0.15, 0.2) is 18.2 Å². The van der Waals surface area contributed by atoms with Crippen molar-refractivity contribution in [1.82, 2.24) is 5.32 Å². The summed E-state index contributed by atoms with van der Waals surface area (Å²) in [6, 6.07) is 4.01. The molecule has 17 heavy (non-hydrogen) atoms. The molecule has 0 spiro atoms. The van der Waals surface area contributed by atoms with Crippen LogP contribution in [-0.2, 0) is 11.3 Å². The number of nitrogen functional groups attached to an aromatic ring is 1. The third kappa shape index (κ3) is 4.72. The zero-order valence-electron chi connectivity index (χ0n) is 10.2. The van der Waals surface area contributed by atoms with Gasteiger partial charge in [-0.3, -0.25) is 0 Å². The predicted octanol–water partition coefficient (Wildman–Crippen LogP) is 2.43. The van der Waals surface area contributed by atoms with E-state index >= 15 is 0 Å². The summed E-state index contributed by atoms with van der Waals surface area (Å²) in [5, 5.41) is 2.52. The van der Waals surface area contributed by atoms with Gasteiger partial charge in [-0.05, 0) is 44.5 Å². The summed E-state index contributed by atoms with van der Waals surface area (Å²) in [6.45, 7) is 5.44. The Hall–Kier alpha value is -1.78. The number of alkyl carbamates (subject to hydrolysis) is 1. The molecule has 1 aromatic carbocycles. The van der Waals surface area contributed by atoms with Crippen LogP contribution in [-0.4, -0.2) is 11.7 Å². The van der Waals surface area contributed by atoms with Gasteiger partial charge in [0, 0.05) is 12.2 Å². The quantitative estimate of drug-likeness (QED) is 0.780. The van der Waals surface area contributed by atoms with E-state index in [9.17, 15) is 9.18 Å². The smallest absolute Gasteiger partial charge is 0.407 e. The Morgan fingerprint density at radius 2 is 2.12 bits per heavy atom. The van der Waals surface area contributed by atoms with Crippen molar-refractivity contribution in [2.45, 2.75) is 32.9 Å². The summed E-state index contributed by atoms with van der Waals surface area (Å²) in [7, 11) is 0. The van der Waals surface area contributed by atoms with Crippen molar-refractivity contribution in [2.75, 3.05) is 5.73 Å². The van der Waals surface area contributed by atoms with Crippen LogP contribution in [0.25, 0.3) is 0 Å². The van der Waals surface area contributed by atoms with Gasteiger partial charge in [0.15, 0.2) is 0 Å². The third-order valence-electron chi connectivity index (χ3n) is 1.93. The van der Waals surface area contributed by atoms with Gasteiger partial charge in [-0.25, -0.2) is 9.18 Å². The summed E-state index contributed by atoms with van der Waals surface area (Å²) < 4.78 is 18.0. The lowest BCUT2D eigenvalue weighted by molar-refractivity contribution is 0.0523. The van der Waals surface area contributed by atoms with Crippen LogP contribution in [0.1, 0.15) is 26.3 Å². The molecule has 4 nitrogen and oxygen atoms in total. The largest absolute Gasteiger partial charge is 0.444 e. The highest BCUT2D eigenvalue weighted by Gasteiger charge is 2.15. The molecule has 0 radical (unpaired) electrons. The lowest BCUT2D eigenvalue weighted by Gasteiger charge is -2.19. The molecule has 0 unspecified atom stereocenters. The maximum Gasteiger partial charge on any atom is 0.407 e. The van der Waals surface area contributed by atoms with Crippen molar-refractivity contribution in [3.05, 3.63) is 29.6 Å². The Morgan fingerprint density at radius 3 is 2.71 bits per heavy atom. The van der Waals surface area contributed by atoms with E-state index in [0.29, 0.717) is 11.3 Å². The molecule has 0 bridgehead atoms. The fraction of sp³-hybridized carbons (Fsp3) is 0.417. The van der Waals surface area contributed by atoms with Crippen molar-refractivity contribution in [1.29, 1.82) is 0 Å². The minimum absolute atomic E-state index is 0.137. The van der Waals surface area contributed by atoms with Gasteiger partial charge >= 0.3 is 6.09 Å². The van der Waals surface area contributed by atoms with Crippen molar-refractivity contribution >= 4 is 11.8 Å². The second-order valence-electron chi connectivity index (χ2n) is 4.70. The molecule has 3 N–H and O–H groups in total. The Balaban J connectivity index is 2.56. The van der Waals surface area contributed by atoms with Gasteiger partial charge in [0.2, 0.25) is 0 Å². The second-order valence-corrected chi connectivity index (χ2v) is 4.70. The number of carbonyl (C=O) groups excluding carboxylic acids is 1. The average Bonchev–Trinajstić information content (AvgIpc) is 2.17. The minimum atomic E-state index is -0.558. The van der Waals surface area contributed by atoms with Crippen molar-refractivity contribution in [2.24, 2.45) is 0 Å². The highest BCUT2D eigenvalue weighted by molar-refractivity contribution is 5.68. The van der Waals surface area contributed by atoms with E-state index in [1.54, 1.807) is 20.8 Å². The van der Waals surface area contributed by atoms with Gasteiger partial charge in [0.25, 0.3) is 0 Å². The number of hydrogen-bond donors (Lipinski definition) is 2. The molecule has 0 aromatic heterocycles. The number of nitrogens with one attached hydrogen (secondary N) is 1. The normalized spacial score (nSPS) is 11.1. The molecule has 0 saturated heterocycles. The van der Waals surface area contributed by atoms with Crippen molar-refractivity contribution < 1.29 is 13.9 Å². The predicted molar refractivity (Wildman–Crippen MR) is 63.9 cm³/mol. The molecule has 0 atom stereocenters. The van der Waals surface area contributed by atoms with E-state index in [0.717, 1.165) is 0 Å². The van der Waals surface area contributed by atoms with E-state index in [2.05, 4.69) is 5.32 Å². The average molecular weight is 240 g/mol. The molecule has 0 aliphatic carbocycles. The van der Waals surface area contributed by atoms with Gasteiger partial charge in [-0.1, -0.05) is 0 Å². The number of anilines is 1. The highest BCUT2D eigenvalue weighted by atomic mass is 19.1. The van der Waals surface area contributed by atoms with Crippen LogP contribution in [0.5, 0.6) is 0 Å². The lowest BCUT2D eigenvalue weighted by atomic mass is 10.2. The maximum atomic E-state index is 12.9. The number of nitrogens with two attached hydrogens (primary N) is 1. The topological polar surface area (TPSA) is 64.3 Å². The van der Waals surface area contributed by atoms with Gasteiger partial charge in [0.05, 0.1) is 0 Å². The van der Waals surface area contributed by atoms with Gasteiger partial charge < -0.3 is 15.8 Å². The Bertz CT molecular complexity index is 413. The fourth-order valence-electron chi connectivity index (χ4n) is 1.21. The molecule has 0 heterocycles. The molecule has 1 amide bonds. The van der Waals surface area contributed by atoms with Gasteiger partial charge in [-0.2, -0.15) is 0 Å². The summed E-state index contributed by atoms with van der Waals surface area (Å²) in [5.74, 6) is -0.389. The Kier molecular flexibility index (Phi) is 3.93. The van der Waals surface area contributed by atoms with Gasteiger partial charge in [-0.15, -0.1) is 0 Å². The zero-order valence-corrected chi connectivity index (χ0v) is 10.2. The number of carbonyl (C=O) groups is 1. The highest BCUT2D eigenvalue weighted by Crippen LogP contribution is 2.13. The number of rotatable bonds is 2. The van der Waals surface area contributed by atoms with Crippen molar-refractivity contribution in [3.8, 4) is 0 Å². The SMILES string of the molecule is CC(C)(C)OC(=O)NCc1cc(F)ccc1N. The molecule has 1 aromatic rings. The molecular weight excluding hydrogens is 223 g/mol. The number of halogens is 1. The monoisotopic (exact) mass is 240 g/mol. The van der Waals surface area contributed by atoms with E-state index in [-0.39, 0.29) is 12.4 Å². The molecule has 0 aliphatic heterocycles. The number of amides is 1. The first kappa shape index (κ1) is 13.3. The summed E-state index contributed by atoms with van der Waals surface area (Å²) >= 11 is 0. The second kappa shape index (κ2) is 5.03. The molecular formula is C12H17FN2O2. The summed E-state index contributed by atoms with van der Waals surface area (Å²) in [5.41, 5.74) is 6.04. The van der Waals surface area contributed by atoms with Gasteiger partial charge in [0.1, 0.15) is 11.4 Å². The van der Waals surface area contributed by atoms with Crippen molar-refractivity contribution in [3.63, 3.8) is 0 Å². The Labute approximate surface area is 100.0 Å². The Morgan fingerprint density at radius 1 is 1.47 bits per heavy atom. The minimum Gasteiger partial charge on any atom is -0.444 e. The summed E-state index contributed by atoms with van der Waals surface area (Å²) in [4.78, 5) is 11.4. The standard InChI is InChI=1S/C12H17FN2O2/c1-12(2,3)17-11(16)15-7-8-6-9(13)4-5-10(8)14/h4-6H,7,14H2,1-3H3,(H,15,16). The number of benzene rings is 1. The van der Waals surface area contributed by atoms with E-state index in [4.69, 9.17) is 10.5 Å². The third-order valence-corrected chi connectivity index (χ3v) is 1.93. The molecule has 0 saturated carbocycles. The van der Waals surface area contributed by atoms with E-state index < -0.39 is 11.7 Å². The first-order valence-electron chi connectivity index (χ1n) is 5.29. The molecule has 94 valence electrons. The van der Waals surface area contributed by atoms with E-state index in [1.165, 1.54) is 18.2 Å². The first-order chi connectivity index (χ1) is 7.78. The molecule has 5 heteroatoms. The van der Waals surface area contributed by atoms with Crippen LogP contribution in [0.2, 0.25) is 0 Å². The van der Waals surface area contributed by atoms with Crippen LogP contribution in [0.4, 0.5) is 14.9 Å². The zero-order chi connectivity index (χ0) is 13.1. The molecule has 0 aliphatic rings. The number of ether oxygens (including phenoxy) is 1. The summed E-state index contributed by atoms with van der Waals surface area (Å²) in [6.07, 6.45) is -0.554. The van der Waals surface area contributed by atoms with Crippen LogP contribution in [0.3, 0.4) is 0 Å². The van der Waals surface area contributed by atoms with Crippen LogP contribution >= 0.6 is 0 Å². The lowest BCUT2D eigenvalue weighted by Crippen LogP contribution is -2.32. The fourth-order valence-corrected chi connectivity index (χ4v) is 1.21. The number of hydrogen-bond acceptors (Lipinski definition) is 3. The van der Waals surface area contributed by atoms with E-state index in [1.807, 2.05) is 0 Å². The maximum absolute atomic E-state index is 12.9.